The molecule has 2 unspecified atom stereocenters. The zero-order chi connectivity index (χ0) is 20.1. The standard InChI is InChI=1S/C17H24N4O5/c1-9(16(25)26)19-15(24)13(17(3,4)5)21-14(23)11-6-7-12(18-8-11)20-10(2)22/h6-9,13H,1-5H3,(H,19,24)(H,21,23)(H,25,26)(H,18,20,22). The highest BCUT2D eigenvalue weighted by Crippen LogP contribution is 2.20. The third-order valence-electron chi connectivity index (χ3n) is 3.46. The number of rotatable bonds is 6. The second-order valence-corrected chi connectivity index (χ2v) is 6.95. The van der Waals surface area contributed by atoms with Gasteiger partial charge in [0.05, 0.1) is 5.56 Å². The van der Waals surface area contributed by atoms with Crippen LogP contribution in [0.4, 0.5) is 5.82 Å². The Morgan fingerprint density at radius 3 is 2.15 bits per heavy atom. The molecule has 9 heteroatoms. The lowest BCUT2D eigenvalue weighted by Crippen LogP contribution is -2.56. The fourth-order valence-corrected chi connectivity index (χ4v) is 2.03. The van der Waals surface area contributed by atoms with Gasteiger partial charge in [0.15, 0.2) is 0 Å². The normalized spacial score (nSPS) is 13.3. The molecule has 0 aromatic carbocycles. The van der Waals surface area contributed by atoms with Gasteiger partial charge in [-0.05, 0) is 24.5 Å². The van der Waals surface area contributed by atoms with E-state index in [2.05, 4.69) is 20.9 Å². The topological polar surface area (TPSA) is 137 Å². The van der Waals surface area contributed by atoms with Crippen molar-refractivity contribution in [1.82, 2.24) is 15.6 Å². The molecular formula is C17H24N4O5. The molecule has 0 radical (unpaired) electrons. The monoisotopic (exact) mass is 364 g/mol. The summed E-state index contributed by atoms with van der Waals surface area (Å²) in [5.74, 6) is -2.29. The number of carboxylic acids is 1. The first-order valence-corrected chi connectivity index (χ1v) is 7.99. The molecule has 1 rings (SSSR count). The van der Waals surface area contributed by atoms with E-state index in [1.165, 1.54) is 32.2 Å². The lowest BCUT2D eigenvalue weighted by Gasteiger charge is -2.31. The summed E-state index contributed by atoms with van der Waals surface area (Å²) in [6, 6.07) is 0.898. The van der Waals surface area contributed by atoms with Crippen molar-refractivity contribution < 1.29 is 24.3 Å². The van der Waals surface area contributed by atoms with E-state index >= 15 is 0 Å². The lowest BCUT2D eigenvalue weighted by atomic mass is 9.85. The minimum Gasteiger partial charge on any atom is -0.480 e. The highest BCUT2D eigenvalue weighted by molar-refractivity contribution is 5.98. The summed E-state index contributed by atoms with van der Waals surface area (Å²) in [5, 5.41) is 16.4. The van der Waals surface area contributed by atoms with Crippen LogP contribution in [-0.2, 0) is 14.4 Å². The van der Waals surface area contributed by atoms with Gasteiger partial charge in [-0.3, -0.25) is 19.2 Å². The molecular weight excluding hydrogens is 340 g/mol. The fourth-order valence-electron chi connectivity index (χ4n) is 2.03. The summed E-state index contributed by atoms with van der Waals surface area (Å²) in [7, 11) is 0. The van der Waals surface area contributed by atoms with Gasteiger partial charge in [0.1, 0.15) is 17.9 Å². The number of carbonyl (C=O) groups is 4. The van der Waals surface area contributed by atoms with Gasteiger partial charge in [0.2, 0.25) is 11.8 Å². The summed E-state index contributed by atoms with van der Waals surface area (Å²) >= 11 is 0. The predicted octanol–water partition coefficient (Wildman–Crippen LogP) is 0.774. The van der Waals surface area contributed by atoms with Crippen LogP contribution in [0, 0.1) is 5.41 Å². The number of hydrogen-bond donors (Lipinski definition) is 4. The largest absolute Gasteiger partial charge is 0.480 e. The first-order chi connectivity index (χ1) is 11.9. The summed E-state index contributed by atoms with van der Waals surface area (Å²) in [6.07, 6.45) is 1.28. The highest BCUT2D eigenvalue weighted by Gasteiger charge is 2.34. The van der Waals surface area contributed by atoms with Crippen LogP contribution in [0.2, 0.25) is 0 Å². The van der Waals surface area contributed by atoms with Gasteiger partial charge in [-0.1, -0.05) is 20.8 Å². The molecule has 9 nitrogen and oxygen atoms in total. The molecule has 142 valence electrons. The molecule has 0 aliphatic rings. The van der Waals surface area contributed by atoms with Gasteiger partial charge in [-0.25, -0.2) is 4.98 Å². The van der Waals surface area contributed by atoms with Crippen molar-refractivity contribution in [2.24, 2.45) is 5.41 Å². The second-order valence-electron chi connectivity index (χ2n) is 6.95. The molecule has 1 heterocycles. The van der Waals surface area contributed by atoms with Crippen molar-refractivity contribution in [1.29, 1.82) is 0 Å². The molecule has 0 fully saturated rings. The molecule has 0 bridgehead atoms. The smallest absolute Gasteiger partial charge is 0.325 e. The lowest BCUT2D eigenvalue weighted by molar-refractivity contribution is -0.142. The van der Waals surface area contributed by atoms with Crippen LogP contribution < -0.4 is 16.0 Å². The zero-order valence-electron chi connectivity index (χ0n) is 15.4. The van der Waals surface area contributed by atoms with Crippen LogP contribution in [0.3, 0.4) is 0 Å². The van der Waals surface area contributed by atoms with Crippen LogP contribution in [0.1, 0.15) is 45.0 Å². The molecule has 1 aromatic rings. The Balaban J connectivity index is 2.91. The average Bonchev–Trinajstić information content (AvgIpc) is 2.51. The van der Waals surface area contributed by atoms with Gasteiger partial charge in [0.25, 0.3) is 5.91 Å². The Morgan fingerprint density at radius 2 is 1.73 bits per heavy atom. The van der Waals surface area contributed by atoms with Gasteiger partial charge in [-0.2, -0.15) is 0 Å². The molecule has 4 N–H and O–H groups in total. The molecule has 0 saturated carbocycles. The third kappa shape index (κ3) is 6.15. The number of aromatic nitrogens is 1. The van der Waals surface area contributed by atoms with Crippen LogP contribution in [0.5, 0.6) is 0 Å². The fraction of sp³-hybridized carbons (Fsp3) is 0.471. The number of carboxylic acid groups (broad SMARTS) is 1. The number of aliphatic carboxylic acids is 1. The molecule has 0 spiro atoms. The molecule has 0 aliphatic heterocycles. The van der Waals surface area contributed by atoms with Gasteiger partial charge >= 0.3 is 5.97 Å². The molecule has 0 aliphatic carbocycles. The first kappa shape index (κ1) is 21.1. The van der Waals surface area contributed by atoms with Crippen molar-refractivity contribution in [2.45, 2.75) is 46.7 Å². The molecule has 3 amide bonds. The minimum atomic E-state index is -1.17. The maximum atomic E-state index is 12.4. The van der Waals surface area contributed by atoms with Gasteiger partial charge in [-0.15, -0.1) is 0 Å². The quantitative estimate of drug-likeness (QED) is 0.588. The summed E-state index contributed by atoms with van der Waals surface area (Å²) in [4.78, 5) is 50.7. The number of nitrogens with zero attached hydrogens (tertiary/aromatic N) is 1. The molecule has 0 saturated heterocycles. The van der Waals surface area contributed by atoms with Gasteiger partial charge in [0, 0.05) is 13.1 Å². The van der Waals surface area contributed by atoms with Crippen molar-refractivity contribution in [3.63, 3.8) is 0 Å². The van der Waals surface area contributed by atoms with Crippen LogP contribution in [0.15, 0.2) is 18.3 Å². The van der Waals surface area contributed by atoms with E-state index in [4.69, 9.17) is 5.11 Å². The van der Waals surface area contributed by atoms with E-state index in [9.17, 15) is 19.2 Å². The second kappa shape index (κ2) is 8.41. The molecule has 2 atom stereocenters. The SMILES string of the molecule is CC(=O)Nc1ccc(C(=O)NC(C(=O)NC(C)C(=O)O)C(C)(C)C)cn1. The number of carbonyl (C=O) groups excluding carboxylic acids is 3. The van der Waals surface area contributed by atoms with E-state index in [-0.39, 0.29) is 11.5 Å². The Kier molecular flexibility index (Phi) is 6.82. The Bertz CT molecular complexity index is 694. The molecule has 1 aromatic heterocycles. The number of amides is 3. The number of pyridine rings is 1. The predicted molar refractivity (Wildman–Crippen MR) is 94.5 cm³/mol. The maximum absolute atomic E-state index is 12.4. The minimum absolute atomic E-state index is 0.201. The first-order valence-electron chi connectivity index (χ1n) is 7.99. The summed E-state index contributed by atoms with van der Waals surface area (Å²) < 4.78 is 0. The third-order valence-corrected chi connectivity index (χ3v) is 3.46. The van der Waals surface area contributed by atoms with E-state index in [0.29, 0.717) is 5.82 Å². The van der Waals surface area contributed by atoms with Gasteiger partial charge < -0.3 is 21.1 Å². The molecule has 26 heavy (non-hydrogen) atoms. The zero-order valence-corrected chi connectivity index (χ0v) is 15.4. The van der Waals surface area contributed by atoms with E-state index < -0.39 is 35.3 Å². The van der Waals surface area contributed by atoms with E-state index in [1.54, 1.807) is 20.8 Å². The summed E-state index contributed by atoms with van der Waals surface area (Å²) in [5.41, 5.74) is -0.450. The van der Waals surface area contributed by atoms with Crippen molar-refractivity contribution >= 4 is 29.5 Å². The maximum Gasteiger partial charge on any atom is 0.325 e. The Morgan fingerprint density at radius 1 is 1.12 bits per heavy atom. The Labute approximate surface area is 151 Å². The number of anilines is 1. The van der Waals surface area contributed by atoms with Crippen molar-refractivity contribution in [2.75, 3.05) is 5.32 Å². The number of nitrogens with one attached hydrogen (secondary N) is 3. The van der Waals surface area contributed by atoms with Crippen molar-refractivity contribution in [3.05, 3.63) is 23.9 Å². The highest BCUT2D eigenvalue weighted by atomic mass is 16.4. The van der Waals surface area contributed by atoms with Crippen LogP contribution in [-0.4, -0.2) is 45.9 Å². The van der Waals surface area contributed by atoms with E-state index in [1.807, 2.05) is 0 Å². The van der Waals surface area contributed by atoms with Crippen molar-refractivity contribution in [3.8, 4) is 0 Å². The van der Waals surface area contributed by atoms with Crippen LogP contribution >= 0.6 is 0 Å². The number of hydrogen-bond acceptors (Lipinski definition) is 5. The van der Waals surface area contributed by atoms with Crippen LogP contribution in [0.25, 0.3) is 0 Å². The Hall–Kier alpha value is -2.97. The summed E-state index contributed by atoms with van der Waals surface area (Å²) in [6.45, 7) is 7.93. The van der Waals surface area contributed by atoms with E-state index in [0.717, 1.165) is 0 Å². The average molecular weight is 364 g/mol.